The summed E-state index contributed by atoms with van der Waals surface area (Å²) in [6.45, 7) is 4.65. The largest absolute Gasteiger partial charge is 0.489 e. The Labute approximate surface area is 138 Å². The van der Waals surface area contributed by atoms with Crippen LogP contribution in [-0.4, -0.2) is 30.9 Å². The molecule has 0 saturated carbocycles. The highest BCUT2D eigenvalue weighted by Crippen LogP contribution is 2.27. The Kier molecular flexibility index (Phi) is 7.43. The monoisotopic (exact) mass is 316 g/mol. The first-order valence-electron chi connectivity index (χ1n) is 8.14. The van der Waals surface area contributed by atoms with E-state index >= 15 is 0 Å². The Bertz CT molecular complexity index is 558. The molecule has 0 fully saturated rings. The number of ether oxygens (including phenoxy) is 2. The maximum atomic E-state index is 9.20. The summed E-state index contributed by atoms with van der Waals surface area (Å²) < 4.78 is 11.7. The van der Waals surface area contributed by atoms with Crippen molar-refractivity contribution < 1.29 is 19.9 Å². The van der Waals surface area contributed by atoms with E-state index in [0.29, 0.717) is 13.2 Å². The topological polar surface area (TPSA) is 55.3 Å². The first-order valence-corrected chi connectivity index (χ1v) is 8.14. The SMILES string of the molecule is C[C@@H](O)C[NH2+]CCCOc1ccccc1OCc1ccccc1. The number of benzene rings is 2. The number of aliphatic hydroxyl groups is 1. The predicted octanol–water partition coefficient (Wildman–Crippen LogP) is 1.98. The third-order valence-corrected chi connectivity index (χ3v) is 3.40. The average Bonchev–Trinajstić information content (AvgIpc) is 2.57. The van der Waals surface area contributed by atoms with Gasteiger partial charge in [-0.05, 0) is 24.6 Å². The molecule has 2 aromatic carbocycles. The molecule has 3 N–H and O–H groups in total. The molecular weight excluding hydrogens is 290 g/mol. The lowest BCUT2D eigenvalue weighted by Crippen LogP contribution is -2.86. The van der Waals surface area contributed by atoms with Gasteiger partial charge >= 0.3 is 0 Å². The van der Waals surface area contributed by atoms with Crippen molar-refractivity contribution in [3.05, 3.63) is 60.2 Å². The maximum Gasteiger partial charge on any atom is 0.161 e. The van der Waals surface area contributed by atoms with Crippen LogP contribution in [0, 0.1) is 0 Å². The molecule has 0 aliphatic heterocycles. The third-order valence-electron chi connectivity index (χ3n) is 3.40. The van der Waals surface area contributed by atoms with Crippen LogP contribution in [0.15, 0.2) is 54.6 Å². The van der Waals surface area contributed by atoms with E-state index in [9.17, 15) is 5.11 Å². The molecule has 0 aliphatic carbocycles. The molecule has 0 heterocycles. The van der Waals surface area contributed by atoms with E-state index in [1.54, 1.807) is 6.92 Å². The van der Waals surface area contributed by atoms with Crippen molar-refractivity contribution in [2.45, 2.75) is 26.1 Å². The van der Waals surface area contributed by atoms with Gasteiger partial charge in [-0.25, -0.2) is 0 Å². The lowest BCUT2D eigenvalue weighted by molar-refractivity contribution is -0.660. The van der Waals surface area contributed by atoms with E-state index in [1.807, 2.05) is 54.6 Å². The molecule has 1 atom stereocenters. The summed E-state index contributed by atoms with van der Waals surface area (Å²) in [4.78, 5) is 0. The lowest BCUT2D eigenvalue weighted by atomic mass is 10.2. The second-order valence-electron chi connectivity index (χ2n) is 5.59. The van der Waals surface area contributed by atoms with E-state index in [0.717, 1.165) is 36.6 Å². The Morgan fingerprint density at radius 3 is 2.30 bits per heavy atom. The fourth-order valence-corrected chi connectivity index (χ4v) is 2.19. The van der Waals surface area contributed by atoms with Crippen molar-refractivity contribution in [2.75, 3.05) is 19.7 Å². The Balaban J connectivity index is 1.76. The zero-order chi connectivity index (χ0) is 16.3. The lowest BCUT2D eigenvalue weighted by Gasteiger charge is -2.12. The summed E-state index contributed by atoms with van der Waals surface area (Å²) in [6, 6.07) is 17.8. The van der Waals surface area contributed by atoms with Crippen LogP contribution in [0.4, 0.5) is 0 Å². The summed E-state index contributed by atoms with van der Waals surface area (Å²) in [7, 11) is 0. The molecule has 4 heteroatoms. The highest BCUT2D eigenvalue weighted by molar-refractivity contribution is 5.39. The summed E-state index contributed by atoms with van der Waals surface area (Å²) in [6.07, 6.45) is 0.669. The van der Waals surface area contributed by atoms with Gasteiger partial charge in [0.1, 0.15) is 13.2 Å². The fourth-order valence-electron chi connectivity index (χ4n) is 2.19. The predicted molar refractivity (Wildman–Crippen MR) is 90.7 cm³/mol. The minimum Gasteiger partial charge on any atom is -0.489 e. The summed E-state index contributed by atoms with van der Waals surface area (Å²) in [5, 5.41) is 11.3. The first kappa shape index (κ1) is 17.3. The zero-order valence-corrected chi connectivity index (χ0v) is 13.7. The van der Waals surface area contributed by atoms with Gasteiger partial charge in [0.25, 0.3) is 0 Å². The minimum atomic E-state index is -0.261. The van der Waals surface area contributed by atoms with Crippen molar-refractivity contribution in [3.8, 4) is 11.5 Å². The Morgan fingerprint density at radius 2 is 1.61 bits per heavy atom. The number of quaternary nitrogens is 1. The van der Waals surface area contributed by atoms with E-state index in [1.165, 1.54) is 0 Å². The molecule has 23 heavy (non-hydrogen) atoms. The highest BCUT2D eigenvalue weighted by atomic mass is 16.5. The fraction of sp³-hybridized carbons (Fsp3) is 0.368. The molecule has 0 bridgehead atoms. The summed E-state index contributed by atoms with van der Waals surface area (Å²) in [5.74, 6) is 1.54. The van der Waals surface area contributed by atoms with E-state index in [2.05, 4.69) is 5.32 Å². The first-order chi connectivity index (χ1) is 11.3. The van der Waals surface area contributed by atoms with E-state index in [-0.39, 0.29) is 6.10 Å². The quantitative estimate of drug-likeness (QED) is 0.659. The summed E-state index contributed by atoms with van der Waals surface area (Å²) in [5.41, 5.74) is 1.13. The van der Waals surface area contributed by atoms with Gasteiger partial charge in [-0.1, -0.05) is 42.5 Å². The average molecular weight is 316 g/mol. The van der Waals surface area contributed by atoms with Gasteiger partial charge in [0.15, 0.2) is 11.5 Å². The van der Waals surface area contributed by atoms with Crippen LogP contribution in [0.1, 0.15) is 18.9 Å². The van der Waals surface area contributed by atoms with Crippen LogP contribution in [0.25, 0.3) is 0 Å². The van der Waals surface area contributed by atoms with Crippen molar-refractivity contribution in [1.82, 2.24) is 0 Å². The second-order valence-corrected chi connectivity index (χ2v) is 5.59. The van der Waals surface area contributed by atoms with Gasteiger partial charge in [-0.15, -0.1) is 0 Å². The molecule has 0 amide bonds. The van der Waals surface area contributed by atoms with Gasteiger partial charge in [0, 0.05) is 6.42 Å². The number of hydrogen-bond donors (Lipinski definition) is 2. The molecule has 2 rings (SSSR count). The number of hydrogen-bond acceptors (Lipinski definition) is 3. The van der Waals surface area contributed by atoms with Crippen LogP contribution >= 0.6 is 0 Å². The third kappa shape index (κ3) is 6.72. The Morgan fingerprint density at radius 1 is 0.957 bits per heavy atom. The number of rotatable bonds is 10. The summed E-state index contributed by atoms with van der Waals surface area (Å²) >= 11 is 0. The molecule has 0 radical (unpaired) electrons. The molecule has 0 spiro atoms. The van der Waals surface area contributed by atoms with E-state index in [4.69, 9.17) is 9.47 Å². The Hall–Kier alpha value is -2.04. The molecular formula is C19H26NO3+. The molecule has 124 valence electrons. The van der Waals surface area contributed by atoms with Gasteiger partial charge in [-0.3, -0.25) is 0 Å². The second kappa shape index (κ2) is 9.87. The van der Waals surface area contributed by atoms with Crippen molar-refractivity contribution >= 4 is 0 Å². The van der Waals surface area contributed by atoms with Gasteiger partial charge in [0.05, 0.1) is 19.3 Å². The van der Waals surface area contributed by atoms with Crippen molar-refractivity contribution in [1.29, 1.82) is 0 Å². The van der Waals surface area contributed by atoms with Crippen LogP contribution < -0.4 is 14.8 Å². The molecule has 0 aromatic heterocycles. The molecule has 0 saturated heterocycles. The van der Waals surface area contributed by atoms with Gasteiger partial charge < -0.3 is 19.9 Å². The van der Waals surface area contributed by atoms with Gasteiger partial charge in [0.2, 0.25) is 0 Å². The van der Waals surface area contributed by atoms with Crippen molar-refractivity contribution in [3.63, 3.8) is 0 Å². The number of para-hydroxylation sites is 2. The standard InChI is InChI=1S/C19H25NO3/c1-16(21)14-20-12-7-13-22-18-10-5-6-11-19(18)23-15-17-8-3-2-4-9-17/h2-6,8-11,16,20-21H,7,12-15H2,1H3/p+1/t16-/m1/s1. The normalized spacial score (nSPS) is 11.9. The van der Waals surface area contributed by atoms with Crippen LogP contribution in [0.2, 0.25) is 0 Å². The van der Waals surface area contributed by atoms with Crippen LogP contribution in [0.5, 0.6) is 11.5 Å². The van der Waals surface area contributed by atoms with Crippen molar-refractivity contribution in [2.24, 2.45) is 0 Å². The molecule has 0 aliphatic rings. The molecule has 2 aromatic rings. The highest BCUT2D eigenvalue weighted by Gasteiger charge is 2.05. The van der Waals surface area contributed by atoms with E-state index < -0.39 is 0 Å². The number of aliphatic hydroxyl groups excluding tert-OH is 1. The minimum absolute atomic E-state index is 0.261. The van der Waals surface area contributed by atoms with Gasteiger partial charge in [-0.2, -0.15) is 0 Å². The maximum absolute atomic E-state index is 9.20. The number of nitrogens with two attached hydrogens (primary N) is 1. The smallest absolute Gasteiger partial charge is 0.161 e. The van der Waals surface area contributed by atoms with Crippen LogP contribution in [0.3, 0.4) is 0 Å². The van der Waals surface area contributed by atoms with Crippen LogP contribution in [-0.2, 0) is 6.61 Å². The zero-order valence-electron chi connectivity index (χ0n) is 13.7. The molecule has 0 unspecified atom stereocenters. The molecule has 4 nitrogen and oxygen atoms in total.